The largest absolute Gasteiger partial charge is 0.381 e. The fourth-order valence-corrected chi connectivity index (χ4v) is 2.82. The number of aromatic nitrogens is 2. The fourth-order valence-electron chi connectivity index (χ4n) is 1.49. The number of aryl methyl sites for hydroxylation is 1. The molecule has 18 heavy (non-hydrogen) atoms. The van der Waals surface area contributed by atoms with E-state index in [0.717, 1.165) is 0 Å². The molecular formula is C10H20N4O3S. The molecule has 0 aliphatic heterocycles. The quantitative estimate of drug-likeness (QED) is 0.713. The topological polar surface area (TPSA) is 99.2 Å². The first-order chi connectivity index (χ1) is 8.25. The zero-order valence-electron chi connectivity index (χ0n) is 11.1. The van der Waals surface area contributed by atoms with Gasteiger partial charge in [0.05, 0.1) is 18.4 Å². The van der Waals surface area contributed by atoms with Crippen molar-refractivity contribution in [3.63, 3.8) is 0 Å². The molecule has 104 valence electrons. The number of anilines is 1. The lowest BCUT2D eigenvalue weighted by Gasteiger charge is -2.09. The molecule has 1 aromatic rings. The zero-order chi connectivity index (χ0) is 13.9. The van der Waals surface area contributed by atoms with Gasteiger partial charge in [-0.05, 0) is 20.8 Å². The molecule has 1 heterocycles. The van der Waals surface area contributed by atoms with Crippen LogP contribution in [0.15, 0.2) is 4.90 Å². The van der Waals surface area contributed by atoms with E-state index in [4.69, 9.17) is 10.5 Å². The Kier molecular flexibility index (Phi) is 4.71. The number of rotatable bonds is 6. The van der Waals surface area contributed by atoms with Crippen LogP contribution in [-0.2, 0) is 21.8 Å². The van der Waals surface area contributed by atoms with Crippen molar-refractivity contribution in [2.45, 2.75) is 31.8 Å². The highest BCUT2D eigenvalue weighted by Crippen LogP contribution is 2.20. The van der Waals surface area contributed by atoms with Gasteiger partial charge in [-0.2, -0.15) is 5.10 Å². The number of nitrogens with two attached hydrogens (primary N) is 1. The van der Waals surface area contributed by atoms with Crippen LogP contribution < -0.4 is 10.5 Å². The second-order valence-corrected chi connectivity index (χ2v) is 5.94. The third-order valence-corrected chi connectivity index (χ3v) is 4.04. The number of ether oxygens (including phenoxy) is 1. The molecule has 1 rings (SSSR count). The van der Waals surface area contributed by atoms with Crippen LogP contribution in [0.3, 0.4) is 0 Å². The minimum atomic E-state index is -3.64. The van der Waals surface area contributed by atoms with Crippen molar-refractivity contribution >= 4 is 15.8 Å². The molecule has 0 aromatic carbocycles. The van der Waals surface area contributed by atoms with Crippen molar-refractivity contribution in [3.05, 3.63) is 5.69 Å². The molecule has 0 spiro atoms. The number of nitrogen functional groups attached to an aromatic ring is 1. The van der Waals surface area contributed by atoms with Crippen molar-refractivity contribution in [1.82, 2.24) is 14.5 Å². The third-order valence-electron chi connectivity index (χ3n) is 2.42. The predicted molar refractivity (Wildman–Crippen MR) is 68.6 cm³/mol. The summed E-state index contributed by atoms with van der Waals surface area (Å²) in [6.45, 7) is 5.95. The molecule has 0 atom stereocenters. The first kappa shape index (κ1) is 14.9. The number of sulfonamides is 1. The van der Waals surface area contributed by atoms with Crippen LogP contribution >= 0.6 is 0 Å². The van der Waals surface area contributed by atoms with Crippen LogP contribution in [0.5, 0.6) is 0 Å². The van der Waals surface area contributed by atoms with Gasteiger partial charge < -0.3 is 10.5 Å². The van der Waals surface area contributed by atoms with E-state index in [1.807, 2.05) is 13.8 Å². The molecule has 0 saturated heterocycles. The van der Waals surface area contributed by atoms with Gasteiger partial charge in [0.25, 0.3) is 0 Å². The van der Waals surface area contributed by atoms with Gasteiger partial charge in [0, 0.05) is 13.6 Å². The molecule has 3 N–H and O–H groups in total. The van der Waals surface area contributed by atoms with Crippen LogP contribution in [0.25, 0.3) is 0 Å². The maximum Gasteiger partial charge on any atom is 0.246 e. The Morgan fingerprint density at radius 1 is 1.50 bits per heavy atom. The van der Waals surface area contributed by atoms with Crippen LogP contribution in [-0.4, -0.2) is 37.5 Å². The SMILES string of the molecule is Cc1c(S(=O)(=O)NCCOC(C)C)c(N)nn1C. The molecule has 0 aliphatic carbocycles. The molecule has 1 aromatic heterocycles. The van der Waals surface area contributed by atoms with E-state index in [1.54, 1.807) is 14.0 Å². The van der Waals surface area contributed by atoms with E-state index in [1.165, 1.54) is 4.68 Å². The first-order valence-electron chi connectivity index (χ1n) is 5.66. The number of nitrogens with zero attached hydrogens (tertiary/aromatic N) is 2. The van der Waals surface area contributed by atoms with Crippen LogP contribution in [0.2, 0.25) is 0 Å². The van der Waals surface area contributed by atoms with E-state index in [-0.39, 0.29) is 23.4 Å². The van der Waals surface area contributed by atoms with Crippen LogP contribution in [0.4, 0.5) is 5.82 Å². The van der Waals surface area contributed by atoms with E-state index in [9.17, 15) is 8.42 Å². The van der Waals surface area contributed by atoms with E-state index in [0.29, 0.717) is 12.3 Å². The Bertz CT molecular complexity index is 507. The average Bonchev–Trinajstić information content (AvgIpc) is 2.48. The fraction of sp³-hybridized carbons (Fsp3) is 0.700. The molecule has 0 aliphatic rings. The molecule has 0 amide bonds. The Morgan fingerprint density at radius 2 is 2.11 bits per heavy atom. The molecule has 0 saturated carbocycles. The Labute approximate surface area is 107 Å². The minimum absolute atomic E-state index is 0.00674. The smallest absolute Gasteiger partial charge is 0.246 e. The Morgan fingerprint density at radius 3 is 2.56 bits per heavy atom. The lowest BCUT2D eigenvalue weighted by atomic mass is 10.5. The third kappa shape index (κ3) is 3.44. The summed E-state index contributed by atoms with van der Waals surface area (Å²) in [4.78, 5) is 0.0366. The molecular weight excluding hydrogens is 256 g/mol. The summed E-state index contributed by atoms with van der Waals surface area (Å²) in [6.07, 6.45) is 0.0692. The minimum Gasteiger partial charge on any atom is -0.381 e. The highest BCUT2D eigenvalue weighted by atomic mass is 32.2. The number of hydrogen-bond donors (Lipinski definition) is 2. The van der Waals surface area contributed by atoms with Crippen molar-refractivity contribution in [2.24, 2.45) is 7.05 Å². The maximum atomic E-state index is 12.0. The van der Waals surface area contributed by atoms with Crippen LogP contribution in [0.1, 0.15) is 19.5 Å². The lowest BCUT2D eigenvalue weighted by Crippen LogP contribution is -2.29. The monoisotopic (exact) mass is 276 g/mol. The Balaban J connectivity index is 2.75. The molecule has 7 nitrogen and oxygen atoms in total. The lowest BCUT2D eigenvalue weighted by molar-refractivity contribution is 0.0834. The van der Waals surface area contributed by atoms with Crippen molar-refractivity contribution < 1.29 is 13.2 Å². The van der Waals surface area contributed by atoms with Gasteiger partial charge in [0.2, 0.25) is 10.0 Å². The second kappa shape index (κ2) is 5.68. The van der Waals surface area contributed by atoms with Crippen molar-refractivity contribution in [2.75, 3.05) is 18.9 Å². The number of nitrogens with one attached hydrogen (secondary N) is 1. The van der Waals surface area contributed by atoms with Gasteiger partial charge in [-0.25, -0.2) is 13.1 Å². The molecule has 0 unspecified atom stereocenters. The average molecular weight is 276 g/mol. The standard InChI is InChI=1S/C10H20N4O3S/c1-7(2)17-6-5-12-18(15,16)9-8(3)14(4)13-10(9)11/h7,12H,5-6H2,1-4H3,(H2,11,13). The van der Waals surface area contributed by atoms with E-state index >= 15 is 0 Å². The summed E-state index contributed by atoms with van der Waals surface area (Å²) in [5, 5.41) is 3.88. The number of hydrogen-bond acceptors (Lipinski definition) is 5. The van der Waals surface area contributed by atoms with E-state index < -0.39 is 10.0 Å². The summed E-state index contributed by atoms with van der Waals surface area (Å²) in [7, 11) is -1.99. The van der Waals surface area contributed by atoms with Crippen molar-refractivity contribution in [1.29, 1.82) is 0 Å². The van der Waals surface area contributed by atoms with Crippen LogP contribution in [0, 0.1) is 6.92 Å². The van der Waals surface area contributed by atoms with Gasteiger partial charge in [-0.15, -0.1) is 0 Å². The molecule has 0 bridgehead atoms. The van der Waals surface area contributed by atoms with Gasteiger partial charge >= 0.3 is 0 Å². The summed E-state index contributed by atoms with van der Waals surface area (Å²) >= 11 is 0. The highest BCUT2D eigenvalue weighted by molar-refractivity contribution is 7.89. The zero-order valence-corrected chi connectivity index (χ0v) is 11.9. The highest BCUT2D eigenvalue weighted by Gasteiger charge is 2.23. The van der Waals surface area contributed by atoms with Gasteiger partial charge in [-0.3, -0.25) is 4.68 Å². The maximum absolute atomic E-state index is 12.0. The van der Waals surface area contributed by atoms with Gasteiger partial charge in [-0.1, -0.05) is 0 Å². The van der Waals surface area contributed by atoms with E-state index in [2.05, 4.69) is 9.82 Å². The summed E-state index contributed by atoms with van der Waals surface area (Å²) < 4.78 is 33.2. The van der Waals surface area contributed by atoms with Gasteiger partial charge in [0.15, 0.2) is 5.82 Å². The Hall–Kier alpha value is -1.12. The normalized spacial score (nSPS) is 12.3. The molecule has 8 heteroatoms. The summed E-state index contributed by atoms with van der Waals surface area (Å²) in [5.41, 5.74) is 6.10. The summed E-state index contributed by atoms with van der Waals surface area (Å²) in [5.74, 6) is 0.00674. The predicted octanol–water partition coefficient (Wildman–Crippen LogP) is 0.0140. The van der Waals surface area contributed by atoms with Crippen molar-refractivity contribution in [3.8, 4) is 0 Å². The molecule has 0 radical (unpaired) electrons. The van der Waals surface area contributed by atoms with Gasteiger partial charge in [0.1, 0.15) is 4.90 Å². The summed E-state index contributed by atoms with van der Waals surface area (Å²) in [6, 6.07) is 0. The second-order valence-electron chi connectivity index (χ2n) is 4.24. The molecule has 0 fully saturated rings. The first-order valence-corrected chi connectivity index (χ1v) is 7.14.